The van der Waals surface area contributed by atoms with E-state index in [0.29, 0.717) is 17.8 Å². The Morgan fingerprint density at radius 1 is 1.57 bits per heavy atom. The van der Waals surface area contributed by atoms with Crippen LogP contribution in [0.1, 0.15) is 32.6 Å². The first-order chi connectivity index (χ1) is 6.68. The third-order valence-corrected chi connectivity index (χ3v) is 3.45. The number of amides is 1. The first-order valence-electron chi connectivity index (χ1n) is 5.65. The molecule has 2 aliphatic rings. The van der Waals surface area contributed by atoms with Gasteiger partial charge in [0.15, 0.2) is 0 Å². The van der Waals surface area contributed by atoms with Gasteiger partial charge in [-0.3, -0.25) is 4.79 Å². The van der Waals surface area contributed by atoms with E-state index >= 15 is 0 Å². The van der Waals surface area contributed by atoms with E-state index in [0.717, 1.165) is 26.1 Å². The maximum atomic E-state index is 11.5. The van der Waals surface area contributed by atoms with Crippen LogP contribution in [0.15, 0.2) is 0 Å². The highest BCUT2D eigenvalue weighted by atomic mass is 16.1. The lowest BCUT2D eigenvalue weighted by molar-refractivity contribution is -0.122. The molecule has 0 aromatic rings. The zero-order valence-electron chi connectivity index (χ0n) is 8.94. The molecule has 1 heterocycles. The minimum Gasteiger partial charge on any atom is -0.356 e. The monoisotopic (exact) mass is 196 g/mol. The molecule has 2 rings (SSSR count). The molecule has 1 aliphatic carbocycles. The summed E-state index contributed by atoms with van der Waals surface area (Å²) in [7, 11) is 0. The Morgan fingerprint density at radius 2 is 2.36 bits per heavy atom. The summed E-state index contributed by atoms with van der Waals surface area (Å²) >= 11 is 0. The lowest BCUT2D eigenvalue weighted by Crippen LogP contribution is -2.30. The van der Waals surface area contributed by atoms with Crippen molar-refractivity contribution in [2.45, 2.75) is 32.6 Å². The second-order valence-corrected chi connectivity index (χ2v) is 5.15. The number of carbonyl (C=O) groups is 1. The molecule has 80 valence electrons. The van der Waals surface area contributed by atoms with E-state index in [9.17, 15) is 4.79 Å². The quantitative estimate of drug-likeness (QED) is 0.701. The van der Waals surface area contributed by atoms with Crippen LogP contribution in [0.3, 0.4) is 0 Å². The smallest absolute Gasteiger partial charge is 0.220 e. The highest BCUT2D eigenvalue weighted by Crippen LogP contribution is 2.44. The molecule has 3 nitrogen and oxygen atoms in total. The van der Waals surface area contributed by atoms with Gasteiger partial charge in [0.05, 0.1) is 0 Å². The lowest BCUT2D eigenvalue weighted by Gasteiger charge is -2.12. The Morgan fingerprint density at radius 3 is 2.93 bits per heavy atom. The second-order valence-electron chi connectivity index (χ2n) is 5.15. The maximum Gasteiger partial charge on any atom is 0.220 e. The molecule has 0 spiro atoms. The fourth-order valence-electron chi connectivity index (χ4n) is 1.93. The van der Waals surface area contributed by atoms with Crippen molar-refractivity contribution in [1.29, 1.82) is 0 Å². The van der Waals surface area contributed by atoms with Gasteiger partial charge in [-0.2, -0.15) is 0 Å². The highest BCUT2D eigenvalue weighted by Gasteiger charge is 2.37. The molecule has 14 heavy (non-hydrogen) atoms. The number of hydrogen-bond acceptors (Lipinski definition) is 2. The fraction of sp³-hybridized carbons (Fsp3) is 0.909. The van der Waals surface area contributed by atoms with Crippen LogP contribution in [-0.2, 0) is 4.79 Å². The molecule has 1 saturated heterocycles. The second kappa shape index (κ2) is 3.89. The largest absolute Gasteiger partial charge is 0.356 e. The van der Waals surface area contributed by atoms with E-state index in [4.69, 9.17) is 0 Å². The Labute approximate surface area is 85.6 Å². The molecule has 0 aromatic heterocycles. The number of carbonyl (C=O) groups excluding carboxylic acids is 1. The summed E-state index contributed by atoms with van der Waals surface area (Å²) in [5.74, 6) is 0.814. The zero-order chi connectivity index (χ0) is 10.0. The average Bonchev–Trinajstić information content (AvgIpc) is 2.67. The third-order valence-electron chi connectivity index (χ3n) is 3.45. The van der Waals surface area contributed by atoms with Crippen molar-refractivity contribution in [1.82, 2.24) is 10.6 Å². The van der Waals surface area contributed by atoms with Crippen LogP contribution < -0.4 is 10.6 Å². The Hall–Kier alpha value is -0.570. The summed E-state index contributed by atoms with van der Waals surface area (Å²) in [5, 5.41) is 6.33. The van der Waals surface area contributed by atoms with Gasteiger partial charge in [-0.05, 0) is 43.7 Å². The van der Waals surface area contributed by atoms with Crippen molar-refractivity contribution in [3.8, 4) is 0 Å². The fourth-order valence-corrected chi connectivity index (χ4v) is 1.93. The highest BCUT2D eigenvalue weighted by molar-refractivity contribution is 5.76. The van der Waals surface area contributed by atoms with Gasteiger partial charge < -0.3 is 10.6 Å². The van der Waals surface area contributed by atoms with E-state index < -0.39 is 0 Å². The Kier molecular flexibility index (Phi) is 2.77. The first-order valence-corrected chi connectivity index (χ1v) is 5.65. The minimum atomic E-state index is 0.242. The van der Waals surface area contributed by atoms with Crippen molar-refractivity contribution in [3.05, 3.63) is 0 Å². The van der Waals surface area contributed by atoms with E-state index in [1.54, 1.807) is 0 Å². The van der Waals surface area contributed by atoms with Crippen LogP contribution in [0.25, 0.3) is 0 Å². The van der Waals surface area contributed by atoms with Crippen LogP contribution in [0.2, 0.25) is 0 Å². The molecule has 3 heteroatoms. The molecule has 1 amide bonds. The summed E-state index contributed by atoms with van der Waals surface area (Å²) in [6.07, 6.45) is 4.42. The van der Waals surface area contributed by atoms with E-state index in [2.05, 4.69) is 17.6 Å². The lowest BCUT2D eigenvalue weighted by atomic mass is 10.0. The zero-order valence-corrected chi connectivity index (χ0v) is 8.94. The molecule has 1 aliphatic heterocycles. The van der Waals surface area contributed by atoms with Crippen LogP contribution in [0, 0.1) is 11.3 Å². The SMILES string of the molecule is CC1(CNC(=O)CC2CCNC2)CC1. The molecular formula is C11H20N2O. The van der Waals surface area contributed by atoms with Crippen molar-refractivity contribution >= 4 is 5.91 Å². The van der Waals surface area contributed by atoms with Gasteiger partial charge in [-0.15, -0.1) is 0 Å². The molecule has 0 bridgehead atoms. The average molecular weight is 196 g/mol. The van der Waals surface area contributed by atoms with Crippen molar-refractivity contribution < 1.29 is 4.79 Å². The summed E-state index contributed by atoms with van der Waals surface area (Å²) in [5.41, 5.74) is 0.434. The molecule has 0 aromatic carbocycles. The molecule has 2 fully saturated rings. The molecule has 1 saturated carbocycles. The van der Waals surface area contributed by atoms with Gasteiger partial charge in [0.1, 0.15) is 0 Å². The van der Waals surface area contributed by atoms with E-state index in [-0.39, 0.29) is 5.91 Å². The molecule has 1 atom stereocenters. The third kappa shape index (κ3) is 2.71. The van der Waals surface area contributed by atoms with Crippen LogP contribution in [0.4, 0.5) is 0 Å². The minimum absolute atomic E-state index is 0.242. The van der Waals surface area contributed by atoms with Crippen molar-refractivity contribution in [2.24, 2.45) is 11.3 Å². The van der Waals surface area contributed by atoms with E-state index in [1.165, 1.54) is 12.8 Å². The summed E-state index contributed by atoms with van der Waals surface area (Å²) in [6.45, 7) is 5.22. The van der Waals surface area contributed by atoms with Gasteiger partial charge >= 0.3 is 0 Å². The number of hydrogen-bond donors (Lipinski definition) is 2. The topological polar surface area (TPSA) is 41.1 Å². The van der Waals surface area contributed by atoms with E-state index in [1.807, 2.05) is 0 Å². The first kappa shape index (κ1) is 9.97. The standard InChI is InChI=1S/C11H20N2O/c1-11(3-4-11)8-13-10(14)6-9-2-5-12-7-9/h9,12H,2-8H2,1H3,(H,13,14). The predicted molar refractivity (Wildman–Crippen MR) is 55.9 cm³/mol. The molecule has 2 N–H and O–H groups in total. The van der Waals surface area contributed by atoms with Gasteiger partial charge in [0.25, 0.3) is 0 Å². The molecule has 1 unspecified atom stereocenters. The molecular weight excluding hydrogens is 176 g/mol. The summed E-state index contributed by atoms with van der Waals surface area (Å²) in [4.78, 5) is 11.5. The Bertz CT molecular complexity index is 217. The van der Waals surface area contributed by atoms with Crippen LogP contribution >= 0.6 is 0 Å². The summed E-state index contributed by atoms with van der Waals surface area (Å²) in [6, 6.07) is 0. The van der Waals surface area contributed by atoms with Gasteiger partial charge in [-0.1, -0.05) is 6.92 Å². The van der Waals surface area contributed by atoms with Gasteiger partial charge in [-0.25, -0.2) is 0 Å². The van der Waals surface area contributed by atoms with Crippen LogP contribution in [0.5, 0.6) is 0 Å². The summed E-state index contributed by atoms with van der Waals surface area (Å²) < 4.78 is 0. The number of rotatable bonds is 4. The predicted octanol–water partition coefficient (Wildman–Crippen LogP) is 0.902. The molecule has 0 radical (unpaired) electrons. The van der Waals surface area contributed by atoms with Gasteiger partial charge in [0.2, 0.25) is 5.91 Å². The normalized spacial score (nSPS) is 28.8. The van der Waals surface area contributed by atoms with Crippen molar-refractivity contribution in [3.63, 3.8) is 0 Å². The Balaban J connectivity index is 1.62. The van der Waals surface area contributed by atoms with Crippen LogP contribution in [-0.4, -0.2) is 25.5 Å². The number of nitrogens with one attached hydrogen (secondary N) is 2. The van der Waals surface area contributed by atoms with Crippen molar-refractivity contribution in [2.75, 3.05) is 19.6 Å². The maximum absolute atomic E-state index is 11.5. The van der Waals surface area contributed by atoms with Gasteiger partial charge in [0, 0.05) is 13.0 Å².